The molecule has 0 radical (unpaired) electrons. The predicted molar refractivity (Wildman–Crippen MR) is 77.9 cm³/mol. The van der Waals surface area contributed by atoms with Crippen LogP contribution in [-0.4, -0.2) is 18.1 Å². The van der Waals surface area contributed by atoms with Crippen LogP contribution in [0.2, 0.25) is 0 Å². The Balaban J connectivity index is 2.27. The first-order valence-electron chi connectivity index (χ1n) is 7.34. The monoisotopic (exact) mass is 260 g/mol. The summed E-state index contributed by atoms with van der Waals surface area (Å²) in [5.41, 5.74) is 3.81. The highest BCUT2D eigenvalue weighted by Crippen LogP contribution is 2.28. The Kier molecular flexibility index (Phi) is 5.40. The fourth-order valence-corrected chi connectivity index (χ4v) is 2.50. The molecule has 0 amide bonds. The molecule has 0 fully saturated rings. The lowest BCUT2D eigenvalue weighted by atomic mass is 9.95. The van der Waals surface area contributed by atoms with Gasteiger partial charge in [0, 0.05) is 6.20 Å². The summed E-state index contributed by atoms with van der Waals surface area (Å²) in [5, 5.41) is 3.62. The lowest BCUT2D eigenvalue weighted by Crippen LogP contribution is -2.27. The first-order valence-corrected chi connectivity index (χ1v) is 7.34. The predicted octanol–water partition coefficient (Wildman–Crippen LogP) is 3.38. The van der Waals surface area contributed by atoms with Crippen LogP contribution in [0.15, 0.2) is 30.2 Å². The van der Waals surface area contributed by atoms with E-state index in [0.717, 1.165) is 44.5 Å². The lowest BCUT2D eigenvalue weighted by Gasteiger charge is -2.25. The van der Waals surface area contributed by atoms with Gasteiger partial charge in [0.25, 0.3) is 0 Å². The normalized spacial score (nSPS) is 16.6. The molecule has 1 N–H and O–H groups in total. The first kappa shape index (κ1) is 14.1. The number of nitrogens with one attached hydrogen (secondary N) is 1. The molecule has 1 aromatic rings. The zero-order chi connectivity index (χ0) is 13.5. The van der Waals surface area contributed by atoms with E-state index in [9.17, 15) is 0 Å². The first-order chi connectivity index (χ1) is 9.36. The molecule has 0 saturated heterocycles. The Morgan fingerprint density at radius 1 is 1.42 bits per heavy atom. The minimum Gasteiger partial charge on any atom is -0.501 e. The zero-order valence-corrected chi connectivity index (χ0v) is 12.0. The second kappa shape index (κ2) is 7.29. The summed E-state index contributed by atoms with van der Waals surface area (Å²) in [4.78, 5) is 4.62. The number of nitrogens with zero attached hydrogens (tertiary/aromatic N) is 1. The van der Waals surface area contributed by atoms with Crippen molar-refractivity contribution < 1.29 is 4.74 Å². The van der Waals surface area contributed by atoms with Crippen molar-refractivity contribution in [3.63, 3.8) is 0 Å². The van der Waals surface area contributed by atoms with Crippen molar-refractivity contribution in [2.24, 2.45) is 0 Å². The van der Waals surface area contributed by atoms with Crippen LogP contribution < -0.4 is 5.32 Å². The third-order valence-corrected chi connectivity index (χ3v) is 3.51. The van der Waals surface area contributed by atoms with E-state index in [1.807, 2.05) is 18.5 Å². The average molecular weight is 260 g/mol. The molecule has 0 saturated carbocycles. The molecule has 3 heteroatoms. The van der Waals surface area contributed by atoms with Gasteiger partial charge >= 0.3 is 0 Å². The van der Waals surface area contributed by atoms with Crippen LogP contribution in [0.5, 0.6) is 0 Å². The zero-order valence-electron chi connectivity index (χ0n) is 12.0. The SMILES string of the molecule is CCCNC(C1=COCCC1)c1ncccc1CC. The smallest absolute Gasteiger partial charge is 0.0876 e. The van der Waals surface area contributed by atoms with Crippen LogP contribution in [0.1, 0.15) is 50.4 Å². The number of aryl methyl sites for hydroxylation is 1. The van der Waals surface area contributed by atoms with Crippen LogP contribution in [-0.2, 0) is 11.2 Å². The van der Waals surface area contributed by atoms with E-state index in [1.54, 1.807) is 0 Å². The molecule has 1 aromatic heterocycles. The Morgan fingerprint density at radius 3 is 3.00 bits per heavy atom. The molecule has 0 aromatic carbocycles. The minimum absolute atomic E-state index is 0.205. The molecular formula is C16H24N2O. The molecule has 2 rings (SSSR count). The van der Waals surface area contributed by atoms with E-state index in [2.05, 4.69) is 30.2 Å². The van der Waals surface area contributed by atoms with Crippen molar-refractivity contribution in [2.75, 3.05) is 13.2 Å². The van der Waals surface area contributed by atoms with E-state index in [0.29, 0.717) is 0 Å². The summed E-state index contributed by atoms with van der Waals surface area (Å²) in [5.74, 6) is 0. The second-order valence-electron chi connectivity index (χ2n) is 4.96. The van der Waals surface area contributed by atoms with Crippen LogP contribution in [0, 0.1) is 0 Å². The third-order valence-electron chi connectivity index (χ3n) is 3.51. The number of hydrogen-bond donors (Lipinski definition) is 1. The molecule has 1 aliphatic heterocycles. The van der Waals surface area contributed by atoms with Gasteiger partial charge in [0.1, 0.15) is 0 Å². The van der Waals surface area contributed by atoms with Crippen molar-refractivity contribution in [3.05, 3.63) is 41.4 Å². The van der Waals surface area contributed by atoms with E-state index < -0.39 is 0 Å². The molecule has 1 aliphatic rings. The summed E-state index contributed by atoms with van der Waals surface area (Å²) in [7, 11) is 0. The number of rotatable bonds is 6. The van der Waals surface area contributed by atoms with Crippen molar-refractivity contribution >= 4 is 0 Å². The topological polar surface area (TPSA) is 34.1 Å². The molecule has 3 nitrogen and oxygen atoms in total. The molecule has 2 heterocycles. The molecular weight excluding hydrogens is 236 g/mol. The fraction of sp³-hybridized carbons (Fsp3) is 0.562. The number of hydrogen-bond acceptors (Lipinski definition) is 3. The van der Waals surface area contributed by atoms with Crippen LogP contribution in [0.25, 0.3) is 0 Å². The Labute approximate surface area is 116 Å². The van der Waals surface area contributed by atoms with Gasteiger partial charge in [-0.25, -0.2) is 0 Å². The maximum absolute atomic E-state index is 5.51. The highest BCUT2D eigenvalue weighted by Gasteiger charge is 2.21. The molecule has 0 aliphatic carbocycles. The molecule has 1 atom stereocenters. The Hall–Kier alpha value is -1.35. The maximum Gasteiger partial charge on any atom is 0.0876 e. The summed E-state index contributed by atoms with van der Waals surface area (Å²) in [6.07, 6.45) is 8.16. The molecule has 0 bridgehead atoms. The highest BCUT2D eigenvalue weighted by atomic mass is 16.5. The standard InChI is InChI=1S/C16H24N2O/c1-3-9-17-16(14-8-6-11-19-12-14)15-13(4-2)7-5-10-18-15/h5,7,10,12,16-17H,3-4,6,8-9,11H2,1-2H3. The van der Waals surface area contributed by atoms with E-state index >= 15 is 0 Å². The maximum atomic E-state index is 5.51. The van der Waals surface area contributed by atoms with Gasteiger partial charge in [-0.3, -0.25) is 4.98 Å². The molecule has 1 unspecified atom stereocenters. The van der Waals surface area contributed by atoms with Crippen LogP contribution in [0.3, 0.4) is 0 Å². The van der Waals surface area contributed by atoms with Gasteiger partial charge in [0.2, 0.25) is 0 Å². The highest BCUT2D eigenvalue weighted by molar-refractivity contribution is 5.30. The lowest BCUT2D eigenvalue weighted by molar-refractivity contribution is 0.219. The van der Waals surface area contributed by atoms with E-state index in [4.69, 9.17) is 4.74 Å². The van der Waals surface area contributed by atoms with Gasteiger partial charge in [-0.05, 0) is 49.4 Å². The molecule has 19 heavy (non-hydrogen) atoms. The summed E-state index contributed by atoms with van der Waals surface area (Å²) in [6.45, 7) is 6.21. The second-order valence-corrected chi connectivity index (χ2v) is 4.96. The summed E-state index contributed by atoms with van der Waals surface area (Å²) >= 11 is 0. The molecule has 0 spiro atoms. The van der Waals surface area contributed by atoms with Gasteiger partial charge < -0.3 is 10.1 Å². The summed E-state index contributed by atoms with van der Waals surface area (Å²) in [6, 6.07) is 4.40. The number of pyridine rings is 1. The van der Waals surface area contributed by atoms with Gasteiger partial charge in [0.05, 0.1) is 24.6 Å². The average Bonchev–Trinajstić information content (AvgIpc) is 2.49. The quantitative estimate of drug-likeness (QED) is 0.851. The van der Waals surface area contributed by atoms with Gasteiger partial charge in [-0.2, -0.15) is 0 Å². The van der Waals surface area contributed by atoms with Gasteiger partial charge in [-0.1, -0.05) is 19.9 Å². The third kappa shape index (κ3) is 3.57. The largest absolute Gasteiger partial charge is 0.501 e. The van der Waals surface area contributed by atoms with E-state index in [1.165, 1.54) is 11.1 Å². The Bertz CT molecular complexity index is 429. The summed E-state index contributed by atoms with van der Waals surface area (Å²) < 4.78 is 5.51. The Morgan fingerprint density at radius 2 is 2.32 bits per heavy atom. The number of ether oxygens (including phenoxy) is 1. The van der Waals surface area contributed by atoms with Crippen molar-refractivity contribution in [1.29, 1.82) is 0 Å². The molecule has 104 valence electrons. The van der Waals surface area contributed by atoms with Gasteiger partial charge in [-0.15, -0.1) is 0 Å². The van der Waals surface area contributed by atoms with Crippen LogP contribution >= 0.6 is 0 Å². The van der Waals surface area contributed by atoms with Crippen LogP contribution in [0.4, 0.5) is 0 Å². The van der Waals surface area contributed by atoms with Crippen molar-refractivity contribution in [1.82, 2.24) is 10.3 Å². The minimum atomic E-state index is 0.205. The van der Waals surface area contributed by atoms with Gasteiger partial charge in [0.15, 0.2) is 0 Å². The van der Waals surface area contributed by atoms with E-state index in [-0.39, 0.29) is 6.04 Å². The number of aromatic nitrogens is 1. The van der Waals surface area contributed by atoms with Crippen molar-refractivity contribution in [3.8, 4) is 0 Å². The fourth-order valence-electron chi connectivity index (χ4n) is 2.50. The van der Waals surface area contributed by atoms with Crippen molar-refractivity contribution in [2.45, 2.75) is 45.6 Å².